The molecule has 1 N–H and O–H groups in total. The number of carbonyl (C=O) groups excluding carboxylic acids is 2. The Morgan fingerprint density at radius 2 is 1.80 bits per heavy atom. The topological polar surface area (TPSA) is 80.9 Å². The molecule has 0 spiro atoms. The molecule has 0 fully saturated rings. The second-order valence-electron chi connectivity index (χ2n) is 6.77. The molecule has 0 saturated heterocycles. The summed E-state index contributed by atoms with van der Waals surface area (Å²) in [6.07, 6.45) is 1.50. The van der Waals surface area contributed by atoms with Crippen molar-refractivity contribution in [1.29, 1.82) is 0 Å². The number of nitrogens with zero attached hydrogens (tertiary/aromatic N) is 1. The van der Waals surface area contributed by atoms with Crippen LogP contribution >= 0.6 is 0 Å². The Morgan fingerprint density at radius 1 is 1.07 bits per heavy atom. The van der Waals surface area contributed by atoms with Crippen LogP contribution in [-0.4, -0.2) is 42.2 Å². The normalized spacial score (nSPS) is 13.3. The Bertz CT molecular complexity index is 1110. The predicted molar refractivity (Wildman–Crippen MR) is 112 cm³/mol. The van der Waals surface area contributed by atoms with Crippen LogP contribution in [0.5, 0.6) is 11.5 Å². The van der Waals surface area contributed by atoms with Gasteiger partial charge in [-0.1, -0.05) is 18.2 Å². The van der Waals surface area contributed by atoms with Crippen LogP contribution in [0.2, 0.25) is 0 Å². The van der Waals surface area contributed by atoms with E-state index in [0.717, 1.165) is 16.5 Å². The number of rotatable bonds is 4. The van der Waals surface area contributed by atoms with Gasteiger partial charge in [0.25, 0.3) is 0 Å². The molecule has 2 heterocycles. The lowest BCUT2D eigenvalue weighted by atomic mass is 10.0. The van der Waals surface area contributed by atoms with Crippen LogP contribution in [0, 0.1) is 0 Å². The summed E-state index contributed by atoms with van der Waals surface area (Å²) in [5.74, 6) is 0.564. The number of amides is 1. The largest absolute Gasteiger partial charge is 0.497 e. The molecule has 4 rings (SSSR count). The number of aromatic amines is 1. The first kappa shape index (κ1) is 19.6. The van der Waals surface area contributed by atoms with E-state index in [4.69, 9.17) is 14.2 Å². The van der Waals surface area contributed by atoms with E-state index >= 15 is 0 Å². The standard InChI is InChI=1S/C23H22N2O5/c1-3-29-22(26)19-14-25(23(27)30-16-10-8-15(28-2)9-11-16)13-12-18-17-6-4-5-7-20(17)24-21(18)19/h4-11,14,24H,3,12-13H2,1-2H3. The number of ether oxygens (including phenoxy) is 3. The lowest BCUT2D eigenvalue weighted by molar-refractivity contribution is -0.136. The van der Waals surface area contributed by atoms with Gasteiger partial charge in [0.05, 0.1) is 25.0 Å². The monoisotopic (exact) mass is 406 g/mol. The third-order valence-corrected chi connectivity index (χ3v) is 4.97. The van der Waals surface area contributed by atoms with Crippen LogP contribution in [0.1, 0.15) is 18.2 Å². The molecule has 1 aliphatic rings. The number of benzene rings is 2. The number of aromatic nitrogens is 1. The number of para-hydroxylation sites is 1. The molecule has 0 saturated carbocycles. The molecule has 0 aliphatic carbocycles. The second-order valence-corrected chi connectivity index (χ2v) is 6.77. The van der Waals surface area contributed by atoms with Gasteiger partial charge >= 0.3 is 12.1 Å². The van der Waals surface area contributed by atoms with Crippen LogP contribution in [0.4, 0.5) is 4.79 Å². The summed E-state index contributed by atoms with van der Waals surface area (Å²) in [4.78, 5) is 30.2. The van der Waals surface area contributed by atoms with Gasteiger partial charge in [-0.3, -0.25) is 4.90 Å². The summed E-state index contributed by atoms with van der Waals surface area (Å²) in [7, 11) is 1.57. The molecule has 1 amide bonds. The van der Waals surface area contributed by atoms with Crippen LogP contribution in [0.25, 0.3) is 16.5 Å². The smallest absolute Gasteiger partial charge is 0.419 e. The number of hydrogen-bond donors (Lipinski definition) is 1. The number of esters is 1. The average molecular weight is 406 g/mol. The van der Waals surface area contributed by atoms with Crippen LogP contribution < -0.4 is 9.47 Å². The van der Waals surface area contributed by atoms with Crippen LogP contribution in [0.15, 0.2) is 54.7 Å². The first-order chi connectivity index (χ1) is 14.6. The second kappa shape index (κ2) is 8.32. The minimum absolute atomic E-state index is 0.238. The SMILES string of the molecule is CCOC(=O)C1=CN(C(=O)Oc2ccc(OC)cc2)CCc2c1[nH]c1ccccc21. The van der Waals surface area contributed by atoms with E-state index in [0.29, 0.717) is 35.7 Å². The van der Waals surface area contributed by atoms with Gasteiger partial charge in [0.15, 0.2) is 0 Å². The average Bonchev–Trinajstić information content (AvgIpc) is 3.01. The van der Waals surface area contributed by atoms with E-state index in [2.05, 4.69) is 4.98 Å². The third-order valence-electron chi connectivity index (χ3n) is 4.97. The highest BCUT2D eigenvalue weighted by Gasteiger charge is 2.28. The maximum absolute atomic E-state index is 12.8. The zero-order valence-corrected chi connectivity index (χ0v) is 16.8. The van der Waals surface area contributed by atoms with Crippen molar-refractivity contribution in [1.82, 2.24) is 9.88 Å². The van der Waals surface area contributed by atoms with Gasteiger partial charge in [0, 0.05) is 23.6 Å². The summed E-state index contributed by atoms with van der Waals surface area (Å²) >= 11 is 0. The summed E-state index contributed by atoms with van der Waals surface area (Å²) in [5, 5.41) is 1.02. The first-order valence-corrected chi connectivity index (χ1v) is 9.72. The molecule has 3 aromatic rings. The Hall–Kier alpha value is -3.74. The lowest BCUT2D eigenvalue weighted by Crippen LogP contribution is -2.30. The van der Waals surface area contributed by atoms with Gasteiger partial charge in [-0.15, -0.1) is 0 Å². The third kappa shape index (κ3) is 3.74. The quantitative estimate of drug-likeness (QED) is 0.659. The maximum atomic E-state index is 12.8. The van der Waals surface area contributed by atoms with Crippen molar-refractivity contribution in [2.75, 3.05) is 20.3 Å². The fourth-order valence-corrected chi connectivity index (χ4v) is 3.52. The number of nitrogens with one attached hydrogen (secondary N) is 1. The van der Waals surface area contributed by atoms with Gasteiger partial charge < -0.3 is 19.2 Å². The van der Waals surface area contributed by atoms with E-state index in [9.17, 15) is 9.59 Å². The Kier molecular flexibility index (Phi) is 5.43. The Balaban J connectivity index is 1.66. The van der Waals surface area contributed by atoms with Crippen LogP contribution in [-0.2, 0) is 16.0 Å². The number of hydrogen-bond acceptors (Lipinski definition) is 5. The van der Waals surface area contributed by atoms with Crippen molar-refractivity contribution >= 4 is 28.5 Å². The minimum Gasteiger partial charge on any atom is -0.497 e. The van der Waals surface area contributed by atoms with E-state index in [1.807, 2.05) is 24.3 Å². The molecule has 0 unspecified atom stereocenters. The lowest BCUT2D eigenvalue weighted by Gasteiger charge is -2.17. The van der Waals surface area contributed by atoms with Crippen molar-refractivity contribution in [2.45, 2.75) is 13.3 Å². The number of carbonyl (C=O) groups is 2. The summed E-state index contributed by atoms with van der Waals surface area (Å²) in [6.45, 7) is 2.35. The fraction of sp³-hybridized carbons (Fsp3) is 0.217. The van der Waals surface area contributed by atoms with Gasteiger partial charge in [0.1, 0.15) is 11.5 Å². The van der Waals surface area contributed by atoms with Crippen molar-refractivity contribution in [3.8, 4) is 11.5 Å². The van der Waals surface area contributed by atoms with Gasteiger partial charge in [-0.25, -0.2) is 9.59 Å². The molecule has 30 heavy (non-hydrogen) atoms. The molecule has 0 bridgehead atoms. The minimum atomic E-state index is -0.573. The number of H-pyrrole nitrogens is 1. The van der Waals surface area contributed by atoms with E-state index in [1.165, 1.54) is 11.1 Å². The van der Waals surface area contributed by atoms with Crippen molar-refractivity contribution in [2.24, 2.45) is 0 Å². The maximum Gasteiger partial charge on any atom is 0.419 e. The van der Waals surface area contributed by atoms with Crippen molar-refractivity contribution in [3.63, 3.8) is 0 Å². The van der Waals surface area contributed by atoms with Crippen LogP contribution in [0.3, 0.4) is 0 Å². The highest BCUT2D eigenvalue weighted by molar-refractivity contribution is 6.18. The highest BCUT2D eigenvalue weighted by atomic mass is 16.6. The molecular weight excluding hydrogens is 384 g/mol. The van der Waals surface area contributed by atoms with E-state index in [-0.39, 0.29) is 6.61 Å². The predicted octanol–water partition coefficient (Wildman–Crippen LogP) is 4.14. The van der Waals surface area contributed by atoms with Gasteiger partial charge in [0.2, 0.25) is 0 Å². The Morgan fingerprint density at radius 3 is 2.53 bits per heavy atom. The summed E-state index contributed by atoms with van der Waals surface area (Å²) < 4.78 is 15.8. The number of fused-ring (bicyclic) bond motifs is 3. The summed E-state index contributed by atoms with van der Waals surface area (Å²) in [6, 6.07) is 14.6. The zero-order chi connectivity index (χ0) is 21.1. The first-order valence-electron chi connectivity index (χ1n) is 9.72. The molecule has 0 radical (unpaired) electrons. The summed E-state index contributed by atoms with van der Waals surface area (Å²) in [5.41, 5.74) is 2.89. The zero-order valence-electron chi connectivity index (χ0n) is 16.8. The van der Waals surface area contributed by atoms with Crippen molar-refractivity contribution < 1.29 is 23.8 Å². The van der Waals surface area contributed by atoms with Gasteiger partial charge in [-0.05, 0) is 49.2 Å². The van der Waals surface area contributed by atoms with Gasteiger partial charge in [-0.2, -0.15) is 0 Å². The molecule has 7 nitrogen and oxygen atoms in total. The van der Waals surface area contributed by atoms with E-state index < -0.39 is 12.1 Å². The van der Waals surface area contributed by atoms with Crippen molar-refractivity contribution in [3.05, 3.63) is 66.0 Å². The fourth-order valence-electron chi connectivity index (χ4n) is 3.52. The Labute approximate surface area is 173 Å². The molecule has 0 atom stereocenters. The molecule has 2 aromatic carbocycles. The molecule has 7 heteroatoms. The number of methoxy groups -OCH3 is 1. The molecular formula is C23H22N2O5. The van der Waals surface area contributed by atoms with E-state index in [1.54, 1.807) is 38.3 Å². The molecule has 154 valence electrons. The molecule has 1 aromatic heterocycles. The highest BCUT2D eigenvalue weighted by Crippen LogP contribution is 2.31. The molecule has 1 aliphatic heterocycles.